The van der Waals surface area contributed by atoms with Gasteiger partial charge in [-0.1, -0.05) is 41.9 Å². The van der Waals surface area contributed by atoms with E-state index >= 15 is 0 Å². The molecule has 2 aliphatic heterocycles. The Balaban J connectivity index is 1.36. The molecule has 2 amide bonds. The van der Waals surface area contributed by atoms with Gasteiger partial charge >= 0.3 is 6.03 Å². The van der Waals surface area contributed by atoms with Gasteiger partial charge in [0.2, 0.25) is 0 Å². The number of amides is 2. The van der Waals surface area contributed by atoms with E-state index in [-0.39, 0.29) is 17.3 Å². The minimum Gasteiger partial charge on any atom is -0.307 e. The Bertz CT molecular complexity index is 1220. The van der Waals surface area contributed by atoms with Gasteiger partial charge in [0, 0.05) is 34.9 Å². The van der Waals surface area contributed by atoms with Crippen molar-refractivity contribution in [2.75, 3.05) is 29.9 Å². The number of rotatable bonds is 3. The minimum atomic E-state index is -0.253. The quantitative estimate of drug-likeness (QED) is 0.456. The summed E-state index contributed by atoms with van der Waals surface area (Å²) in [5.41, 5.74) is 5.61. The molecule has 0 aliphatic carbocycles. The normalized spacial score (nSPS) is 17.1. The van der Waals surface area contributed by atoms with Crippen molar-refractivity contribution < 1.29 is 9.18 Å². The van der Waals surface area contributed by atoms with Crippen molar-refractivity contribution in [1.29, 1.82) is 0 Å². The second-order valence-corrected chi connectivity index (χ2v) is 10.1. The smallest absolute Gasteiger partial charge is 0.307 e. The fourth-order valence-electron chi connectivity index (χ4n) is 5.47. The van der Waals surface area contributed by atoms with Gasteiger partial charge in [-0.15, -0.1) is 0 Å². The third-order valence-electron chi connectivity index (χ3n) is 7.35. The molecule has 0 atom stereocenters. The topological polar surface area (TPSA) is 35.6 Å². The number of benzene rings is 3. The second kappa shape index (κ2) is 9.05. The van der Waals surface area contributed by atoms with Gasteiger partial charge in [0.25, 0.3) is 0 Å². The van der Waals surface area contributed by atoms with Crippen molar-refractivity contribution in [1.82, 2.24) is 4.90 Å². The van der Waals surface area contributed by atoms with Crippen LogP contribution < -0.4 is 10.2 Å². The number of likely N-dealkylation sites (tertiary alicyclic amines) is 1. The lowest BCUT2D eigenvalue weighted by Gasteiger charge is -2.40. The Morgan fingerprint density at radius 3 is 2.44 bits per heavy atom. The van der Waals surface area contributed by atoms with Crippen LogP contribution in [0.2, 0.25) is 5.02 Å². The van der Waals surface area contributed by atoms with Crippen molar-refractivity contribution in [3.8, 4) is 0 Å². The van der Waals surface area contributed by atoms with Crippen LogP contribution in [0.3, 0.4) is 0 Å². The molecule has 34 heavy (non-hydrogen) atoms. The Hall–Kier alpha value is -2.89. The number of halogens is 2. The molecule has 1 spiro atoms. The van der Waals surface area contributed by atoms with E-state index in [0.717, 1.165) is 65.6 Å². The number of anilines is 2. The molecule has 0 radical (unpaired) electrons. The van der Waals surface area contributed by atoms with Crippen LogP contribution in [0, 0.1) is 19.7 Å². The molecule has 0 aromatic heterocycles. The van der Waals surface area contributed by atoms with Gasteiger partial charge in [0.05, 0.1) is 0 Å². The molecule has 176 valence electrons. The fourth-order valence-corrected chi connectivity index (χ4v) is 5.68. The highest BCUT2D eigenvalue weighted by Gasteiger charge is 2.46. The standard InChI is InChI=1S/C28H29ClFN3O/c1-19-5-3-6-20(2)26(19)31-27(34)33-18-28(24-16-23(30)9-10-25(24)33)11-13-32(14-12-28)17-21-7-4-8-22(29)15-21/h3-10,15-16H,11-14,17-18H2,1-2H3,(H,31,34). The maximum Gasteiger partial charge on any atom is 0.326 e. The van der Waals surface area contributed by atoms with Crippen molar-refractivity contribution in [3.05, 3.63) is 93.8 Å². The van der Waals surface area contributed by atoms with Crippen molar-refractivity contribution >= 4 is 29.0 Å². The Morgan fingerprint density at radius 1 is 1.03 bits per heavy atom. The van der Waals surface area contributed by atoms with E-state index < -0.39 is 0 Å². The van der Waals surface area contributed by atoms with Crippen LogP contribution in [0.4, 0.5) is 20.6 Å². The number of nitrogens with zero attached hydrogens (tertiary/aromatic N) is 2. The van der Waals surface area contributed by atoms with Gasteiger partial charge < -0.3 is 5.32 Å². The number of para-hydroxylation sites is 1. The van der Waals surface area contributed by atoms with Crippen molar-refractivity contribution in [3.63, 3.8) is 0 Å². The molecule has 0 saturated carbocycles. The SMILES string of the molecule is Cc1cccc(C)c1NC(=O)N1CC2(CCN(Cc3cccc(Cl)c3)CC2)c2cc(F)ccc21. The van der Waals surface area contributed by atoms with Crippen molar-refractivity contribution in [2.24, 2.45) is 0 Å². The Morgan fingerprint density at radius 2 is 1.74 bits per heavy atom. The fraction of sp³-hybridized carbons (Fsp3) is 0.321. The van der Waals surface area contributed by atoms with Gasteiger partial charge in [-0.25, -0.2) is 9.18 Å². The van der Waals surface area contributed by atoms with Crippen LogP contribution in [0.15, 0.2) is 60.7 Å². The molecule has 1 N–H and O–H groups in total. The number of carbonyl (C=O) groups is 1. The Labute approximate surface area is 205 Å². The number of carbonyl (C=O) groups excluding carboxylic acids is 1. The zero-order chi connectivity index (χ0) is 23.9. The van der Waals surface area contributed by atoms with Gasteiger partial charge in [0.1, 0.15) is 5.82 Å². The number of hydrogen-bond donors (Lipinski definition) is 1. The van der Waals surface area contributed by atoms with Crippen LogP contribution in [-0.2, 0) is 12.0 Å². The van der Waals surface area contributed by atoms with E-state index in [1.165, 1.54) is 11.6 Å². The third-order valence-corrected chi connectivity index (χ3v) is 7.58. The maximum absolute atomic E-state index is 14.3. The summed E-state index contributed by atoms with van der Waals surface area (Å²) >= 11 is 6.16. The number of nitrogens with one attached hydrogen (secondary N) is 1. The zero-order valence-electron chi connectivity index (χ0n) is 19.6. The summed E-state index contributed by atoms with van der Waals surface area (Å²) in [6.07, 6.45) is 1.74. The summed E-state index contributed by atoms with van der Waals surface area (Å²) < 4.78 is 14.3. The maximum atomic E-state index is 14.3. The summed E-state index contributed by atoms with van der Waals surface area (Å²) in [6.45, 7) is 7.15. The molecule has 5 rings (SSSR count). The molecule has 0 bridgehead atoms. The van der Waals surface area contributed by atoms with Gasteiger partial charge in [0.15, 0.2) is 0 Å². The lowest BCUT2D eigenvalue weighted by Crippen LogP contribution is -2.46. The number of fused-ring (bicyclic) bond motifs is 2. The van der Waals surface area contributed by atoms with Crippen LogP contribution in [0.25, 0.3) is 0 Å². The van der Waals surface area contributed by atoms with E-state index in [1.807, 2.05) is 50.2 Å². The first-order valence-corrected chi connectivity index (χ1v) is 12.1. The van der Waals surface area contributed by atoms with Gasteiger partial charge in [-0.05, 0) is 92.4 Å². The van der Waals surface area contributed by atoms with E-state index in [9.17, 15) is 9.18 Å². The van der Waals surface area contributed by atoms with Crippen LogP contribution in [0.5, 0.6) is 0 Å². The highest BCUT2D eigenvalue weighted by Crippen LogP contribution is 2.47. The predicted octanol–water partition coefficient (Wildman–Crippen LogP) is 6.68. The molecule has 2 heterocycles. The molecule has 3 aromatic carbocycles. The third kappa shape index (κ3) is 4.30. The highest BCUT2D eigenvalue weighted by molar-refractivity contribution is 6.30. The Kier molecular flexibility index (Phi) is 6.09. The first kappa shape index (κ1) is 22.9. The van der Waals surface area contributed by atoms with E-state index in [4.69, 9.17) is 11.6 Å². The minimum absolute atomic E-state index is 0.163. The molecule has 3 aromatic rings. The summed E-state index contributed by atoms with van der Waals surface area (Å²) in [5, 5.41) is 3.86. The van der Waals surface area contributed by atoms with Gasteiger partial charge in [-0.2, -0.15) is 0 Å². The van der Waals surface area contributed by atoms with Crippen molar-refractivity contribution in [2.45, 2.75) is 38.6 Å². The number of piperidine rings is 1. The first-order valence-electron chi connectivity index (χ1n) is 11.8. The zero-order valence-corrected chi connectivity index (χ0v) is 20.3. The predicted molar refractivity (Wildman–Crippen MR) is 136 cm³/mol. The number of hydrogen-bond acceptors (Lipinski definition) is 2. The molecular formula is C28H29ClFN3O. The number of urea groups is 1. The molecule has 4 nitrogen and oxygen atoms in total. The van der Waals surface area contributed by atoms with Crippen LogP contribution in [0.1, 0.15) is 35.1 Å². The monoisotopic (exact) mass is 477 g/mol. The molecule has 6 heteroatoms. The molecule has 1 saturated heterocycles. The van der Waals surface area contributed by atoms with E-state index in [2.05, 4.69) is 16.3 Å². The van der Waals surface area contributed by atoms with Gasteiger partial charge in [-0.3, -0.25) is 9.80 Å². The summed E-state index contributed by atoms with van der Waals surface area (Å²) in [7, 11) is 0. The van der Waals surface area contributed by atoms with E-state index in [1.54, 1.807) is 17.0 Å². The molecule has 1 fully saturated rings. The van der Waals surface area contributed by atoms with Crippen LogP contribution >= 0.6 is 11.6 Å². The molecule has 0 unspecified atom stereocenters. The van der Waals surface area contributed by atoms with Crippen LogP contribution in [-0.4, -0.2) is 30.6 Å². The molecule has 2 aliphatic rings. The first-order chi connectivity index (χ1) is 16.3. The summed E-state index contributed by atoms with van der Waals surface area (Å²) in [6, 6.07) is 18.6. The second-order valence-electron chi connectivity index (χ2n) is 9.63. The summed E-state index contributed by atoms with van der Waals surface area (Å²) in [5.74, 6) is -0.253. The summed E-state index contributed by atoms with van der Waals surface area (Å²) in [4.78, 5) is 17.6. The highest BCUT2D eigenvalue weighted by atomic mass is 35.5. The average Bonchev–Trinajstić information content (AvgIpc) is 3.11. The lowest BCUT2D eigenvalue weighted by atomic mass is 9.74. The molecular weight excluding hydrogens is 449 g/mol. The van der Waals surface area contributed by atoms with E-state index in [0.29, 0.717) is 6.54 Å². The average molecular weight is 478 g/mol. The lowest BCUT2D eigenvalue weighted by molar-refractivity contribution is 0.160. The number of aryl methyl sites for hydroxylation is 2. The largest absolute Gasteiger partial charge is 0.326 e.